The number of aromatic nitrogens is 2. The molecule has 1 aliphatic heterocycles. The summed E-state index contributed by atoms with van der Waals surface area (Å²) in [5, 5.41) is 3.44. The highest BCUT2D eigenvalue weighted by Gasteiger charge is 2.39. The van der Waals surface area contributed by atoms with E-state index in [1.807, 2.05) is 13.0 Å². The van der Waals surface area contributed by atoms with Gasteiger partial charge in [0.05, 0.1) is 7.11 Å². The molecule has 0 atom stereocenters. The van der Waals surface area contributed by atoms with E-state index in [4.69, 9.17) is 4.74 Å². The highest BCUT2D eigenvalue weighted by molar-refractivity contribution is 5.77. The lowest BCUT2D eigenvalue weighted by Gasteiger charge is -2.44. The fraction of sp³-hybridized carbons (Fsp3) is 0.800. The molecule has 1 N–H and O–H groups in total. The zero-order chi connectivity index (χ0) is 22.0. The molecule has 6 heteroatoms. The summed E-state index contributed by atoms with van der Waals surface area (Å²) in [6.07, 6.45) is 10.8. The minimum atomic E-state index is -0.182. The number of methoxy groups -OCH3 is 1. The van der Waals surface area contributed by atoms with Crippen LogP contribution in [0, 0.1) is 30.6 Å². The van der Waals surface area contributed by atoms with Gasteiger partial charge in [-0.05, 0) is 57.3 Å². The number of carbonyl (C=O) groups is 1. The number of hydrogen-bond donors (Lipinski definition) is 1. The van der Waals surface area contributed by atoms with Gasteiger partial charge in [-0.25, -0.2) is 4.98 Å². The summed E-state index contributed by atoms with van der Waals surface area (Å²) in [6, 6.07) is 1.86. The summed E-state index contributed by atoms with van der Waals surface area (Å²) in [5.74, 6) is 4.31. The van der Waals surface area contributed by atoms with Gasteiger partial charge in [-0.15, -0.1) is 0 Å². The normalized spacial score (nSPS) is 21.0. The lowest BCUT2D eigenvalue weighted by Crippen LogP contribution is -2.53. The van der Waals surface area contributed by atoms with Crippen molar-refractivity contribution in [3.63, 3.8) is 0 Å². The molecule has 2 aliphatic carbocycles. The van der Waals surface area contributed by atoms with Crippen molar-refractivity contribution in [1.29, 1.82) is 0 Å². The summed E-state index contributed by atoms with van der Waals surface area (Å²) in [5.41, 5.74) is 0.738. The van der Waals surface area contributed by atoms with E-state index in [1.54, 1.807) is 7.11 Å². The van der Waals surface area contributed by atoms with Crippen LogP contribution in [0.1, 0.15) is 77.3 Å². The minimum Gasteiger partial charge on any atom is -0.481 e. The lowest BCUT2D eigenvalue weighted by molar-refractivity contribution is -0.126. The molecule has 1 aromatic rings. The zero-order valence-corrected chi connectivity index (χ0v) is 19.8. The van der Waals surface area contributed by atoms with Crippen LogP contribution in [0.3, 0.4) is 0 Å². The monoisotopic (exact) mass is 428 g/mol. The van der Waals surface area contributed by atoms with Gasteiger partial charge in [0.2, 0.25) is 17.7 Å². The van der Waals surface area contributed by atoms with Crippen molar-refractivity contribution in [2.45, 2.75) is 84.1 Å². The van der Waals surface area contributed by atoms with Crippen LogP contribution in [0.25, 0.3) is 0 Å². The Bertz CT molecular complexity index is 751. The maximum atomic E-state index is 13.0. The van der Waals surface area contributed by atoms with E-state index >= 15 is 0 Å². The third kappa shape index (κ3) is 5.15. The van der Waals surface area contributed by atoms with Crippen LogP contribution in [-0.2, 0) is 4.79 Å². The summed E-state index contributed by atoms with van der Waals surface area (Å²) >= 11 is 0. The van der Waals surface area contributed by atoms with Gasteiger partial charge in [0.25, 0.3) is 0 Å². The van der Waals surface area contributed by atoms with Crippen LogP contribution in [0.4, 0.5) is 5.95 Å². The number of amides is 1. The second-order valence-corrected chi connectivity index (χ2v) is 10.6. The van der Waals surface area contributed by atoms with E-state index in [0.717, 1.165) is 55.8 Å². The standard InChI is InChI=1S/C25H40N4O2/c1-17-15-23(31-4)27-24(26-17)29-13-11-20(12-14-29)25(2,3)28-22(30)16-21(18-7-5-8-18)19-9-6-10-19/h15,18-21H,5-14,16H2,1-4H3,(H,28,30). The largest absolute Gasteiger partial charge is 0.481 e. The summed E-state index contributed by atoms with van der Waals surface area (Å²) in [7, 11) is 1.64. The molecule has 2 heterocycles. The number of hydrogen-bond acceptors (Lipinski definition) is 5. The Morgan fingerprint density at radius 1 is 1.13 bits per heavy atom. The second-order valence-electron chi connectivity index (χ2n) is 10.6. The maximum Gasteiger partial charge on any atom is 0.228 e. The van der Waals surface area contributed by atoms with Gasteiger partial charge in [0, 0.05) is 36.8 Å². The van der Waals surface area contributed by atoms with Gasteiger partial charge in [-0.1, -0.05) is 38.5 Å². The second kappa shape index (κ2) is 9.33. The number of rotatable bonds is 8. The van der Waals surface area contributed by atoms with E-state index in [0.29, 0.717) is 17.7 Å². The molecular formula is C25H40N4O2. The molecule has 1 amide bonds. The molecule has 3 aliphatic rings. The van der Waals surface area contributed by atoms with Crippen molar-refractivity contribution in [2.24, 2.45) is 23.7 Å². The van der Waals surface area contributed by atoms with Crippen molar-refractivity contribution in [3.8, 4) is 5.88 Å². The van der Waals surface area contributed by atoms with Crippen LogP contribution in [-0.4, -0.2) is 41.6 Å². The molecule has 0 bridgehead atoms. The van der Waals surface area contributed by atoms with Crippen molar-refractivity contribution in [3.05, 3.63) is 11.8 Å². The molecule has 6 nitrogen and oxygen atoms in total. The summed E-state index contributed by atoms with van der Waals surface area (Å²) in [4.78, 5) is 24.4. The maximum absolute atomic E-state index is 13.0. The average Bonchev–Trinajstić information content (AvgIpc) is 2.64. The molecule has 31 heavy (non-hydrogen) atoms. The van der Waals surface area contributed by atoms with E-state index in [9.17, 15) is 4.79 Å². The molecule has 3 fully saturated rings. The average molecular weight is 429 g/mol. The van der Waals surface area contributed by atoms with E-state index in [1.165, 1.54) is 38.5 Å². The molecule has 4 rings (SSSR count). The van der Waals surface area contributed by atoms with Crippen LogP contribution in [0.2, 0.25) is 0 Å². The highest BCUT2D eigenvalue weighted by Crippen LogP contribution is 2.46. The predicted molar refractivity (Wildman–Crippen MR) is 123 cm³/mol. The van der Waals surface area contributed by atoms with Crippen molar-refractivity contribution in [1.82, 2.24) is 15.3 Å². The minimum absolute atomic E-state index is 0.182. The fourth-order valence-electron chi connectivity index (χ4n) is 5.75. The molecule has 172 valence electrons. The third-order valence-corrected chi connectivity index (χ3v) is 8.22. The molecule has 1 aromatic heterocycles. The topological polar surface area (TPSA) is 67.3 Å². The number of nitrogens with zero attached hydrogens (tertiary/aromatic N) is 3. The van der Waals surface area contributed by atoms with Crippen LogP contribution >= 0.6 is 0 Å². The Morgan fingerprint density at radius 2 is 1.74 bits per heavy atom. The smallest absolute Gasteiger partial charge is 0.228 e. The first-order chi connectivity index (χ1) is 14.9. The van der Waals surface area contributed by atoms with Gasteiger partial charge >= 0.3 is 0 Å². The summed E-state index contributed by atoms with van der Waals surface area (Å²) in [6.45, 7) is 8.20. The number of carbonyl (C=O) groups excluding carboxylic acids is 1. The number of ether oxygens (including phenoxy) is 1. The first kappa shape index (κ1) is 22.3. The molecule has 0 spiro atoms. The fourth-order valence-corrected chi connectivity index (χ4v) is 5.75. The van der Waals surface area contributed by atoms with Crippen molar-refractivity contribution in [2.75, 3.05) is 25.1 Å². The van der Waals surface area contributed by atoms with Gasteiger partial charge in [0.15, 0.2) is 0 Å². The Balaban J connectivity index is 1.31. The zero-order valence-electron chi connectivity index (χ0n) is 19.8. The molecular weight excluding hydrogens is 388 g/mol. The molecule has 0 radical (unpaired) electrons. The van der Waals surface area contributed by atoms with Gasteiger partial charge in [0.1, 0.15) is 0 Å². The van der Waals surface area contributed by atoms with Crippen LogP contribution < -0.4 is 15.0 Å². The Labute approximate surface area is 187 Å². The predicted octanol–water partition coefficient (Wildman–Crippen LogP) is 4.51. The number of nitrogens with one attached hydrogen (secondary N) is 1. The first-order valence-corrected chi connectivity index (χ1v) is 12.3. The Morgan fingerprint density at radius 3 is 2.26 bits per heavy atom. The van der Waals surface area contributed by atoms with E-state index < -0.39 is 0 Å². The van der Waals surface area contributed by atoms with Gasteiger partial charge < -0.3 is 15.0 Å². The van der Waals surface area contributed by atoms with Crippen LogP contribution in [0.15, 0.2) is 6.07 Å². The van der Waals surface area contributed by atoms with E-state index in [-0.39, 0.29) is 11.4 Å². The molecule has 1 saturated heterocycles. The van der Waals surface area contributed by atoms with Crippen molar-refractivity contribution >= 4 is 11.9 Å². The molecule has 2 saturated carbocycles. The number of piperidine rings is 1. The first-order valence-electron chi connectivity index (χ1n) is 12.3. The lowest BCUT2D eigenvalue weighted by atomic mass is 9.63. The van der Waals surface area contributed by atoms with Gasteiger partial charge in [-0.3, -0.25) is 4.79 Å². The van der Waals surface area contributed by atoms with E-state index in [2.05, 4.69) is 34.0 Å². The SMILES string of the molecule is COc1cc(C)nc(N2CCC(C(C)(C)NC(=O)CC(C3CCC3)C3CCC3)CC2)n1. The van der Waals surface area contributed by atoms with Crippen LogP contribution in [0.5, 0.6) is 5.88 Å². The molecule has 0 unspecified atom stereocenters. The quantitative estimate of drug-likeness (QED) is 0.660. The molecule has 0 aromatic carbocycles. The summed E-state index contributed by atoms with van der Waals surface area (Å²) < 4.78 is 5.31. The number of anilines is 1. The highest BCUT2D eigenvalue weighted by atomic mass is 16.5. The number of aryl methyl sites for hydroxylation is 1. The Hall–Kier alpha value is -1.85. The third-order valence-electron chi connectivity index (χ3n) is 8.22. The van der Waals surface area contributed by atoms with Crippen molar-refractivity contribution < 1.29 is 9.53 Å². The van der Waals surface area contributed by atoms with Gasteiger partial charge in [-0.2, -0.15) is 4.98 Å². The Kier molecular flexibility index (Phi) is 6.73.